The topological polar surface area (TPSA) is 164 Å². The zero-order valence-electron chi connectivity index (χ0n) is 32.6. The molecule has 0 atom stereocenters. The average Bonchev–Trinajstić information content (AvgIpc) is 3.05. The van der Waals surface area contributed by atoms with Crippen LogP contribution >= 0.6 is 0 Å². The Balaban J connectivity index is 0.000000923. The summed E-state index contributed by atoms with van der Waals surface area (Å²) < 4.78 is 227. The molecule has 0 aromatic carbocycles. The Hall–Kier alpha value is -5.66. The summed E-state index contributed by atoms with van der Waals surface area (Å²) in [6.45, 7) is 6.14. The maximum atomic E-state index is 12.6. The number of hydrogen-bond acceptors (Lipinski definition) is 6. The first-order valence-electron chi connectivity index (χ1n) is 16.3. The minimum atomic E-state index is -5.10. The van der Waals surface area contributed by atoms with Gasteiger partial charge in [-0.25, -0.2) is 15.0 Å². The Morgan fingerprint density at radius 1 is 0.344 bits per heavy atom. The molecule has 3 aromatic rings. The van der Waals surface area contributed by atoms with Crippen molar-refractivity contribution in [3.05, 3.63) is 105 Å². The summed E-state index contributed by atoms with van der Waals surface area (Å²) in [4.78, 5) is 35.6. The van der Waals surface area contributed by atoms with Crippen molar-refractivity contribution in [1.29, 1.82) is 0 Å². The fraction of sp³-hybridized carbons (Fsp3) is 0.333. The first-order valence-corrected chi connectivity index (χ1v) is 16.3. The quantitative estimate of drug-likeness (QED) is 0.0732. The van der Waals surface area contributed by atoms with Crippen molar-refractivity contribution in [1.82, 2.24) is 15.0 Å². The molecule has 0 aliphatic heterocycles. The van der Waals surface area contributed by atoms with E-state index >= 15 is 0 Å². The molecular formula is C36H30F18FeN3O6+3. The Labute approximate surface area is 357 Å². The van der Waals surface area contributed by atoms with Crippen LogP contribution in [0.15, 0.2) is 53.7 Å². The van der Waals surface area contributed by atoms with Gasteiger partial charge in [0.15, 0.2) is 0 Å². The Morgan fingerprint density at radius 3 is 0.547 bits per heavy atom. The molecule has 0 aliphatic carbocycles. The first kappa shape index (κ1) is 58.3. The molecule has 0 radical (unpaired) electrons. The summed E-state index contributed by atoms with van der Waals surface area (Å²) in [6, 6.07) is 1.94. The second kappa shape index (κ2) is 20.9. The van der Waals surface area contributed by atoms with Gasteiger partial charge in [-0.3, -0.25) is 14.4 Å². The number of ketones is 3. The van der Waals surface area contributed by atoms with Gasteiger partial charge in [0.25, 0.3) is 0 Å². The fourth-order valence-corrected chi connectivity index (χ4v) is 4.93. The minimum absolute atomic E-state index is 0. The van der Waals surface area contributed by atoms with E-state index in [1.807, 2.05) is 0 Å². The Kier molecular flexibility index (Phi) is 19.0. The van der Waals surface area contributed by atoms with Gasteiger partial charge in [0, 0.05) is 17.1 Å². The van der Waals surface area contributed by atoms with Crippen LogP contribution in [0.2, 0.25) is 0 Å². The third kappa shape index (κ3) is 16.5. The molecule has 0 saturated heterocycles. The van der Waals surface area contributed by atoms with Crippen molar-refractivity contribution in [2.45, 2.75) is 78.6 Å². The van der Waals surface area contributed by atoms with E-state index < -0.39 is 139 Å². The van der Waals surface area contributed by atoms with Gasteiger partial charge in [0.2, 0.25) is 0 Å². The summed E-state index contributed by atoms with van der Waals surface area (Å²) in [5.74, 6) is -3.74. The molecule has 9 nitrogen and oxygen atoms in total. The van der Waals surface area contributed by atoms with Crippen LogP contribution in [0.3, 0.4) is 0 Å². The predicted octanol–water partition coefficient (Wildman–Crippen LogP) is 11.9. The van der Waals surface area contributed by atoms with E-state index in [1.165, 1.54) is 0 Å². The summed E-state index contributed by atoms with van der Waals surface area (Å²) in [5.41, 5.74) is -14.1. The smallest absolute Gasteiger partial charge is 0.433 e. The molecule has 6 N–H and O–H groups in total. The van der Waals surface area contributed by atoms with Crippen molar-refractivity contribution in [3.8, 4) is 0 Å². The molecule has 0 unspecified atom stereocenters. The molecule has 28 heteroatoms. The number of hydrogen-bond donors (Lipinski definition) is 3. The van der Waals surface area contributed by atoms with Crippen molar-refractivity contribution in [2.75, 3.05) is 0 Å². The van der Waals surface area contributed by atoms with Crippen LogP contribution in [-0.2, 0) is 54.1 Å². The van der Waals surface area contributed by atoms with E-state index in [9.17, 15) is 109 Å². The Morgan fingerprint density at radius 2 is 0.469 bits per heavy atom. The molecule has 0 fully saturated rings. The third-order valence-corrected chi connectivity index (χ3v) is 7.26. The molecule has 0 bridgehead atoms. The van der Waals surface area contributed by atoms with Gasteiger partial charge >= 0.3 is 54.4 Å². The molecule has 0 saturated carbocycles. The molecule has 0 amide bonds. The SMILES string of the molecule is CC(=[OH+])/C(=C(/C)O)c1cc(C(F)(F)F)nc(C(F)(F)F)c1.CC(=[OH+])/C(=C(/C)O)c1cc(C(F)(F)F)nc(C(F)(F)F)c1.CC(=[OH+])/C(=C(/C)O)c1cc(C(F)(F)F)nc(C(F)(F)F)c1.[Fe]. The van der Waals surface area contributed by atoms with E-state index in [0.29, 0.717) is 36.4 Å². The largest absolute Gasteiger partial charge is 0.512 e. The summed E-state index contributed by atoms with van der Waals surface area (Å²) in [5, 5.41) is 28.0. The normalized spacial score (nSPS) is 13.7. The number of aliphatic hydroxyl groups is 3. The van der Waals surface area contributed by atoms with Crippen molar-refractivity contribution >= 4 is 34.1 Å². The number of alkyl halides is 18. The number of carbonyl (C=O) groups excluding carboxylic acids is 3. The summed E-state index contributed by atoms with van der Waals surface area (Å²) in [6.07, 6.45) is -30.6. The summed E-state index contributed by atoms with van der Waals surface area (Å²) in [7, 11) is 0. The second-order valence-corrected chi connectivity index (χ2v) is 12.5. The zero-order valence-corrected chi connectivity index (χ0v) is 33.8. The van der Waals surface area contributed by atoms with Crippen LogP contribution in [0.25, 0.3) is 16.7 Å². The summed E-state index contributed by atoms with van der Waals surface area (Å²) >= 11 is 0. The standard InChI is InChI=1S/3C12H9F6NO2.Fe/c3*1-5(20)10(6(2)21)7-3-8(11(13,14)15)19-9(4-7)12(16,17)18;/h3*3-4,20H,1-2H3;/p+3/b3*10-5+;. The van der Waals surface area contributed by atoms with E-state index in [2.05, 4.69) is 15.0 Å². The van der Waals surface area contributed by atoms with Crippen LogP contribution in [0.5, 0.6) is 0 Å². The van der Waals surface area contributed by atoms with Gasteiger partial charge in [-0.05, 0) is 73.9 Å². The van der Waals surface area contributed by atoms with Gasteiger partial charge in [-0.2, -0.15) is 79.0 Å². The van der Waals surface area contributed by atoms with E-state index in [1.54, 1.807) is 0 Å². The van der Waals surface area contributed by atoms with Gasteiger partial charge in [-0.15, -0.1) is 0 Å². The van der Waals surface area contributed by atoms with Crippen LogP contribution in [-0.4, -0.2) is 62.0 Å². The number of rotatable bonds is 6. The first-order chi connectivity index (χ1) is 28.0. The average molecular weight is 998 g/mol. The molecule has 64 heavy (non-hydrogen) atoms. The van der Waals surface area contributed by atoms with Crippen molar-refractivity contribution in [2.24, 2.45) is 0 Å². The number of pyridine rings is 3. The van der Waals surface area contributed by atoms with E-state index in [0.717, 1.165) is 41.5 Å². The molecule has 3 aromatic heterocycles. The van der Waals surface area contributed by atoms with Gasteiger partial charge in [-0.1, -0.05) is 0 Å². The van der Waals surface area contributed by atoms with Gasteiger partial charge in [0.05, 0.1) is 20.8 Å². The number of aromatic nitrogens is 3. The molecule has 356 valence electrons. The fourth-order valence-electron chi connectivity index (χ4n) is 4.93. The van der Waals surface area contributed by atoms with Crippen molar-refractivity contribution in [3.63, 3.8) is 0 Å². The number of nitrogens with zero attached hydrogens (tertiary/aromatic N) is 3. The molecule has 0 spiro atoms. The number of halogens is 18. The van der Waals surface area contributed by atoms with E-state index in [-0.39, 0.29) is 17.1 Å². The van der Waals surface area contributed by atoms with Crippen LogP contribution < -0.4 is 0 Å². The molecular weight excluding hydrogens is 968 g/mol. The second-order valence-electron chi connectivity index (χ2n) is 12.5. The third-order valence-electron chi connectivity index (χ3n) is 7.26. The van der Waals surface area contributed by atoms with Gasteiger partial charge in [0.1, 0.15) is 68.2 Å². The minimum Gasteiger partial charge on any atom is -0.512 e. The monoisotopic (exact) mass is 998 g/mol. The van der Waals surface area contributed by atoms with Crippen LogP contribution in [0, 0.1) is 0 Å². The predicted molar refractivity (Wildman–Crippen MR) is 186 cm³/mol. The van der Waals surface area contributed by atoms with Gasteiger partial charge < -0.3 is 15.3 Å². The zero-order chi connectivity index (χ0) is 49.8. The maximum absolute atomic E-state index is 12.6. The molecule has 0 aliphatic rings. The molecule has 3 rings (SSSR count). The van der Waals surface area contributed by atoms with Crippen LogP contribution in [0.4, 0.5) is 79.0 Å². The van der Waals surface area contributed by atoms with Crippen LogP contribution in [0.1, 0.15) is 92.4 Å². The Bertz CT molecular complexity index is 1960. The van der Waals surface area contributed by atoms with E-state index in [4.69, 9.17) is 0 Å². The number of aliphatic hydroxyl groups excluding tert-OH is 3. The van der Waals surface area contributed by atoms with Crippen molar-refractivity contribution < 1.29 is 126 Å². The molecule has 3 heterocycles. The maximum Gasteiger partial charge on any atom is 0.433 e. The number of allylic oxidation sites excluding steroid dienone is 6.